The van der Waals surface area contributed by atoms with Gasteiger partial charge in [0.2, 0.25) is 0 Å². The van der Waals surface area contributed by atoms with Crippen LogP contribution in [0.2, 0.25) is 5.32 Å². The molecule has 0 aromatic heterocycles. The molecule has 1 aromatic rings. The zero-order valence-electron chi connectivity index (χ0n) is 6.49. The van der Waals surface area contributed by atoms with Crippen LogP contribution in [-0.2, 0) is 0 Å². The Morgan fingerprint density at radius 2 is 1.91 bits per heavy atom. The summed E-state index contributed by atoms with van der Waals surface area (Å²) in [6, 6.07) is 10.9. The molecule has 0 N–H and O–H groups in total. The van der Waals surface area contributed by atoms with Crippen LogP contribution in [0.5, 0.6) is 0 Å². The van der Waals surface area contributed by atoms with Crippen molar-refractivity contribution in [2.45, 2.75) is 18.2 Å². The van der Waals surface area contributed by atoms with Crippen LogP contribution in [0.25, 0.3) is 0 Å². The van der Waals surface area contributed by atoms with Crippen molar-refractivity contribution in [1.29, 1.82) is 0 Å². The standard InChI is InChI=1S/C10H12Se/c1-2-4-10(5-3-1)11-8-9-6-7-9/h1-5,9H,6-8H2. The second-order valence-electron chi connectivity index (χ2n) is 3.07. The van der Waals surface area contributed by atoms with Gasteiger partial charge in [0.05, 0.1) is 0 Å². The van der Waals surface area contributed by atoms with Crippen molar-refractivity contribution in [2.24, 2.45) is 5.92 Å². The molecule has 0 radical (unpaired) electrons. The van der Waals surface area contributed by atoms with Crippen LogP contribution in [0, 0.1) is 5.92 Å². The summed E-state index contributed by atoms with van der Waals surface area (Å²) in [6.07, 6.45) is 2.99. The molecule has 1 heteroatoms. The molecule has 0 atom stereocenters. The van der Waals surface area contributed by atoms with Gasteiger partial charge in [-0.1, -0.05) is 0 Å². The van der Waals surface area contributed by atoms with E-state index in [1.807, 2.05) is 0 Å². The van der Waals surface area contributed by atoms with Crippen molar-refractivity contribution in [2.75, 3.05) is 0 Å². The third kappa shape index (κ3) is 2.35. The minimum absolute atomic E-state index is 0.752. The predicted molar refractivity (Wildman–Crippen MR) is 49.4 cm³/mol. The second-order valence-corrected chi connectivity index (χ2v) is 5.36. The molecule has 0 unspecified atom stereocenters. The number of hydrogen-bond donors (Lipinski definition) is 0. The Morgan fingerprint density at radius 1 is 1.18 bits per heavy atom. The molecule has 1 saturated carbocycles. The first-order chi connectivity index (χ1) is 5.45. The Balaban J connectivity index is 1.85. The van der Waals surface area contributed by atoms with E-state index in [9.17, 15) is 0 Å². The van der Waals surface area contributed by atoms with E-state index in [0.717, 1.165) is 20.9 Å². The second kappa shape index (κ2) is 3.42. The molecule has 0 nitrogen and oxygen atoms in total. The van der Waals surface area contributed by atoms with Crippen LogP contribution >= 0.6 is 0 Å². The molecule has 0 amide bonds. The van der Waals surface area contributed by atoms with Crippen molar-refractivity contribution in [3.05, 3.63) is 30.3 Å². The molecule has 0 bridgehead atoms. The molecular weight excluding hydrogens is 199 g/mol. The van der Waals surface area contributed by atoms with Gasteiger partial charge in [-0.05, 0) is 0 Å². The summed E-state index contributed by atoms with van der Waals surface area (Å²) in [5, 5.41) is 1.47. The van der Waals surface area contributed by atoms with E-state index < -0.39 is 0 Å². The average Bonchev–Trinajstić information content (AvgIpc) is 2.86. The topological polar surface area (TPSA) is 0 Å². The van der Waals surface area contributed by atoms with Crippen molar-refractivity contribution < 1.29 is 0 Å². The fourth-order valence-corrected chi connectivity index (χ4v) is 3.35. The molecule has 0 saturated heterocycles. The molecule has 1 fully saturated rings. The molecule has 1 aliphatic carbocycles. The van der Waals surface area contributed by atoms with E-state index in [2.05, 4.69) is 30.3 Å². The van der Waals surface area contributed by atoms with Crippen molar-refractivity contribution in [3.8, 4) is 0 Å². The van der Waals surface area contributed by atoms with Gasteiger partial charge in [-0.25, -0.2) is 0 Å². The van der Waals surface area contributed by atoms with Crippen LogP contribution < -0.4 is 4.46 Å². The number of hydrogen-bond acceptors (Lipinski definition) is 0. The molecule has 58 valence electrons. The van der Waals surface area contributed by atoms with E-state index in [4.69, 9.17) is 0 Å². The Bertz CT molecular complexity index is 214. The van der Waals surface area contributed by atoms with Crippen LogP contribution in [0.3, 0.4) is 0 Å². The molecule has 0 spiro atoms. The summed E-state index contributed by atoms with van der Waals surface area (Å²) < 4.78 is 1.56. The minimum atomic E-state index is 0.752. The van der Waals surface area contributed by atoms with Gasteiger partial charge in [-0.3, -0.25) is 0 Å². The summed E-state index contributed by atoms with van der Waals surface area (Å²) in [7, 11) is 0. The fraction of sp³-hybridized carbons (Fsp3) is 0.400. The van der Waals surface area contributed by atoms with Crippen LogP contribution in [0.4, 0.5) is 0 Å². The summed E-state index contributed by atoms with van der Waals surface area (Å²) in [5.74, 6) is 1.09. The van der Waals surface area contributed by atoms with Gasteiger partial charge in [0.15, 0.2) is 0 Å². The normalized spacial score (nSPS) is 16.7. The van der Waals surface area contributed by atoms with Gasteiger partial charge in [0.25, 0.3) is 0 Å². The molecule has 1 aromatic carbocycles. The fourth-order valence-electron chi connectivity index (χ4n) is 1.02. The molecule has 1 aliphatic rings. The summed E-state index contributed by atoms with van der Waals surface area (Å²) in [4.78, 5) is 0. The summed E-state index contributed by atoms with van der Waals surface area (Å²) in [6.45, 7) is 0. The third-order valence-electron chi connectivity index (χ3n) is 1.93. The first kappa shape index (κ1) is 7.39. The van der Waals surface area contributed by atoms with E-state index in [1.165, 1.54) is 18.2 Å². The van der Waals surface area contributed by atoms with E-state index in [-0.39, 0.29) is 0 Å². The van der Waals surface area contributed by atoms with Gasteiger partial charge in [0, 0.05) is 0 Å². The van der Waals surface area contributed by atoms with Gasteiger partial charge in [-0.15, -0.1) is 0 Å². The van der Waals surface area contributed by atoms with Gasteiger partial charge < -0.3 is 0 Å². The number of rotatable bonds is 3. The van der Waals surface area contributed by atoms with Gasteiger partial charge in [-0.2, -0.15) is 0 Å². The summed E-state index contributed by atoms with van der Waals surface area (Å²) >= 11 is 0.752. The maximum absolute atomic E-state index is 2.25. The van der Waals surface area contributed by atoms with Crippen molar-refractivity contribution >= 4 is 19.4 Å². The van der Waals surface area contributed by atoms with Crippen LogP contribution in [0.1, 0.15) is 12.8 Å². The number of benzene rings is 1. The Kier molecular flexibility index (Phi) is 2.30. The van der Waals surface area contributed by atoms with E-state index >= 15 is 0 Å². The monoisotopic (exact) mass is 212 g/mol. The average molecular weight is 211 g/mol. The summed E-state index contributed by atoms with van der Waals surface area (Å²) in [5.41, 5.74) is 0. The van der Waals surface area contributed by atoms with Crippen LogP contribution in [-0.4, -0.2) is 15.0 Å². The molecular formula is C10H12Se. The maximum atomic E-state index is 2.25. The first-order valence-corrected chi connectivity index (χ1v) is 6.20. The van der Waals surface area contributed by atoms with Crippen LogP contribution in [0.15, 0.2) is 30.3 Å². The van der Waals surface area contributed by atoms with Gasteiger partial charge in [0.1, 0.15) is 0 Å². The molecule has 0 aliphatic heterocycles. The zero-order valence-corrected chi connectivity index (χ0v) is 8.21. The van der Waals surface area contributed by atoms with Crippen molar-refractivity contribution in [1.82, 2.24) is 0 Å². The Morgan fingerprint density at radius 3 is 2.55 bits per heavy atom. The Hall–Kier alpha value is -0.261. The first-order valence-electron chi connectivity index (χ1n) is 4.13. The zero-order chi connectivity index (χ0) is 7.52. The SMILES string of the molecule is c1ccc([Se]CC2CC2)cc1. The Labute approximate surface area is 74.2 Å². The van der Waals surface area contributed by atoms with Crippen molar-refractivity contribution in [3.63, 3.8) is 0 Å². The molecule has 2 rings (SSSR count). The third-order valence-corrected chi connectivity index (χ3v) is 4.53. The predicted octanol–water partition coefficient (Wildman–Crippen LogP) is 1.84. The van der Waals surface area contributed by atoms with Gasteiger partial charge >= 0.3 is 73.8 Å². The quantitative estimate of drug-likeness (QED) is 0.669. The van der Waals surface area contributed by atoms with E-state index in [0.29, 0.717) is 0 Å². The van der Waals surface area contributed by atoms with E-state index in [1.54, 1.807) is 4.46 Å². The molecule has 11 heavy (non-hydrogen) atoms. The molecule has 0 heterocycles.